The molecule has 0 saturated carbocycles. The standard InChI is InChI=1S/C16H18N4/c1-20(2)16(11-4-3-5-13(17)8-11)12-6-7-14-15(9-12)19-10-18-14/h3-10,16H,17H2,1-2H3,(H,18,19). The highest BCUT2D eigenvalue weighted by Crippen LogP contribution is 2.29. The topological polar surface area (TPSA) is 57.9 Å². The van der Waals surface area contributed by atoms with E-state index < -0.39 is 0 Å². The van der Waals surface area contributed by atoms with Crippen LogP contribution in [-0.4, -0.2) is 29.0 Å². The van der Waals surface area contributed by atoms with Crippen molar-refractivity contribution in [3.63, 3.8) is 0 Å². The monoisotopic (exact) mass is 266 g/mol. The van der Waals surface area contributed by atoms with Crippen LogP contribution in [0.25, 0.3) is 11.0 Å². The predicted octanol–water partition coefficient (Wildman–Crippen LogP) is 2.80. The lowest BCUT2D eigenvalue weighted by atomic mass is 9.97. The minimum atomic E-state index is 0.172. The third-order valence-electron chi connectivity index (χ3n) is 3.50. The van der Waals surface area contributed by atoms with Crippen LogP contribution in [0.4, 0.5) is 5.69 Å². The Kier molecular flexibility index (Phi) is 3.16. The zero-order valence-electron chi connectivity index (χ0n) is 11.7. The number of hydrogen-bond donors (Lipinski definition) is 2. The molecule has 1 unspecified atom stereocenters. The first-order chi connectivity index (χ1) is 9.65. The van der Waals surface area contributed by atoms with Gasteiger partial charge < -0.3 is 10.7 Å². The van der Waals surface area contributed by atoms with Crippen molar-refractivity contribution in [1.82, 2.24) is 14.9 Å². The number of nitrogens with one attached hydrogen (secondary N) is 1. The van der Waals surface area contributed by atoms with E-state index in [1.807, 2.05) is 24.3 Å². The first-order valence-corrected chi connectivity index (χ1v) is 6.60. The third-order valence-corrected chi connectivity index (χ3v) is 3.50. The number of nitrogens with zero attached hydrogens (tertiary/aromatic N) is 2. The highest BCUT2D eigenvalue weighted by molar-refractivity contribution is 5.75. The first-order valence-electron chi connectivity index (χ1n) is 6.60. The molecule has 3 N–H and O–H groups in total. The van der Waals surface area contributed by atoms with Gasteiger partial charge in [0, 0.05) is 5.69 Å². The van der Waals surface area contributed by atoms with E-state index in [1.54, 1.807) is 6.33 Å². The summed E-state index contributed by atoms with van der Waals surface area (Å²) in [4.78, 5) is 9.61. The van der Waals surface area contributed by atoms with Gasteiger partial charge in [-0.1, -0.05) is 18.2 Å². The lowest BCUT2D eigenvalue weighted by Crippen LogP contribution is -2.21. The highest BCUT2D eigenvalue weighted by atomic mass is 15.1. The van der Waals surface area contributed by atoms with Gasteiger partial charge in [0.1, 0.15) is 0 Å². The number of rotatable bonds is 3. The Morgan fingerprint density at radius 2 is 1.90 bits per heavy atom. The molecule has 0 aliphatic rings. The molecule has 0 bridgehead atoms. The second-order valence-electron chi connectivity index (χ2n) is 5.22. The van der Waals surface area contributed by atoms with Crippen LogP contribution in [0.3, 0.4) is 0 Å². The second kappa shape index (κ2) is 4.98. The summed E-state index contributed by atoms with van der Waals surface area (Å²) in [5.41, 5.74) is 11.2. The van der Waals surface area contributed by atoms with E-state index in [4.69, 9.17) is 5.73 Å². The van der Waals surface area contributed by atoms with Crippen molar-refractivity contribution in [2.75, 3.05) is 19.8 Å². The fourth-order valence-electron chi connectivity index (χ4n) is 2.64. The molecule has 1 aromatic heterocycles. The molecule has 0 saturated heterocycles. The van der Waals surface area contributed by atoms with Gasteiger partial charge in [-0.2, -0.15) is 0 Å². The molecule has 20 heavy (non-hydrogen) atoms. The van der Waals surface area contributed by atoms with E-state index in [9.17, 15) is 0 Å². The predicted molar refractivity (Wildman–Crippen MR) is 82.5 cm³/mol. The maximum absolute atomic E-state index is 5.91. The number of aromatic nitrogens is 2. The van der Waals surface area contributed by atoms with Crippen LogP contribution in [0, 0.1) is 0 Å². The number of anilines is 1. The van der Waals surface area contributed by atoms with Gasteiger partial charge in [0.2, 0.25) is 0 Å². The van der Waals surface area contributed by atoms with E-state index in [-0.39, 0.29) is 6.04 Å². The van der Waals surface area contributed by atoms with Gasteiger partial charge in [-0.25, -0.2) is 4.98 Å². The Labute approximate surface area is 118 Å². The van der Waals surface area contributed by atoms with Crippen LogP contribution in [0.5, 0.6) is 0 Å². The van der Waals surface area contributed by atoms with Crippen molar-refractivity contribution in [3.05, 3.63) is 59.9 Å². The van der Waals surface area contributed by atoms with Gasteiger partial charge in [-0.05, 0) is 49.5 Å². The minimum absolute atomic E-state index is 0.172. The van der Waals surface area contributed by atoms with Crippen molar-refractivity contribution in [2.45, 2.75) is 6.04 Å². The number of hydrogen-bond acceptors (Lipinski definition) is 3. The molecule has 3 aromatic rings. The van der Waals surface area contributed by atoms with Gasteiger partial charge in [-0.15, -0.1) is 0 Å². The summed E-state index contributed by atoms with van der Waals surface area (Å²) >= 11 is 0. The lowest BCUT2D eigenvalue weighted by molar-refractivity contribution is 0.342. The quantitative estimate of drug-likeness (QED) is 0.717. The third kappa shape index (κ3) is 2.26. The van der Waals surface area contributed by atoms with Crippen molar-refractivity contribution in [1.29, 1.82) is 0 Å². The molecule has 0 aliphatic carbocycles. The highest BCUT2D eigenvalue weighted by Gasteiger charge is 2.17. The molecule has 4 heteroatoms. The minimum Gasteiger partial charge on any atom is -0.399 e. The van der Waals surface area contributed by atoms with Crippen LogP contribution in [0.1, 0.15) is 17.2 Å². The van der Waals surface area contributed by atoms with E-state index >= 15 is 0 Å². The van der Waals surface area contributed by atoms with E-state index in [1.165, 1.54) is 11.1 Å². The second-order valence-corrected chi connectivity index (χ2v) is 5.22. The summed E-state index contributed by atoms with van der Waals surface area (Å²) < 4.78 is 0. The van der Waals surface area contributed by atoms with E-state index in [0.29, 0.717) is 0 Å². The van der Waals surface area contributed by atoms with Crippen LogP contribution in [0.2, 0.25) is 0 Å². The van der Waals surface area contributed by atoms with Gasteiger partial charge >= 0.3 is 0 Å². The van der Waals surface area contributed by atoms with Crippen LogP contribution in [0.15, 0.2) is 48.8 Å². The number of aromatic amines is 1. The Hall–Kier alpha value is -2.33. The smallest absolute Gasteiger partial charge is 0.0931 e. The molecule has 0 radical (unpaired) electrons. The number of H-pyrrole nitrogens is 1. The van der Waals surface area contributed by atoms with Gasteiger partial charge in [0.05, 0.1) is 23.4 Å². The fraction of sp³-hybridized carbons (Fsp3) is 0.188. The Balaban J connectivity index is 2.10. The zero-order chi connectivity index (χ0) is 14.1. The van der Waals surface area contributed by atoms with Crippen molar-refractivity contribution < 1.29 is 0 Å². The van der Waals surface area contributed by atoms with E-state index in [2.05, 4.69) is 47.2 Å². The zero-order valence-corrected chi connectivity index (χ0v) is 11.7. The molecule has 1 atom stereocenters. The molecule has 3 rings (SSSR count). The summed E-state index contributed by atoms with van der Waals surface area (Å²) in [5.74, 6) is 0. The maximum Gasteiger partial charge on any atom is 0.0931 e. The summed E-state index contributed by atoms with van der Waals surface area (Å²) in [6, 6.07) is 14.5. The van der Waals surface area contributed by atoms with Crippen molar-refractivity contribution in [2.24, 2.45) is 0 Å². The van der Waals surface area contributed by atoms with Gasteiger partial charge in [0.15, 0.2) is 0 Å². The van der Waals surface area contributed by atoms with E-state index in [0.717, 1.165) is 16.7 Å². The lowest BCUT2D eigenvalue weighted by Gasteiger charge is -2.25. The molecule has 102 valence electrons. The number of fused-ring (bicyclic) bond motifs is 1. The molecule has 0 aliphatic heterocycles. The summed E-state index contributed by atoms with van der Waals surface area (Å²) in [5, 5.41) is 0. The molecule has 4 nitrogen and oxygen atoms in total. The average Bonchev–Trinajstić information content (AvgIpc) is 2.86. The Morgan fingerprint density at radius 1 is 1.10 bits per heavy atom. The summed E-state index contributed by atoms with van der Waals surface area (Å²) in [7, 11) is 4.15. The summed E-state index contributed by atoms with van der Waals surface area (Å²) in [6.07, 6.45) is 1.72. The van der Waals surface area contributed by atoms with Crippen LogP contribution >= 0.6 is 0 Å². The molecule has 2 aromatic carbocycles. The van der Waals surface area contributed by atoms with Crippen molar-refractivity contribution in [3.8, 4) is 0 Å². The van der Waals surface area contributed by atoms with Crippen LogP contribution < -0.4 is 5.73 Å². The van der Waals surface area contributed by atoms with Crippen molar-refractivity contribution >= 4 is 16.7 Å². The van der Waals surface area contributed by atoms with Crippen LogP contribution in [-0.2, 0) is 0 Å². The van der Waals surface area contributed by atoms with Gasteiger partial charge in [-0.3, -0.25) is 4.90 Å². The fourth-order valence-corrected chi connectivity index (χ4v) is 2.64. The van der Waals surface area contributed by atoms with Gasteiger partial charge in [0.25, 0.3) is 0 Å². The maximum atomic E-state index is 5.91. The average molecular weight is 266 g/mol. The number of nitrogens with two attached hydrogens (primary N) is 1. The molecular weight excluding hydrogens is 248 g/mol. The number of imidazole rings is 1. The molecule has 0 fully saturated rings. The molecule has 1 heterocycles. The Morgan fingerprint density at radius 3 is 2.65 bits per heavy atom. The molecular formula is C16H18N4. The Bertz CT molecular complexity index is 730. The molecule has 0 spiro atoms. The SMILES string of the molecule is CN(C)C(c1cccc(N)c1)c1ccc2nc[nH]c2c1. The number of nitrogen functional groups attached to an aromatic ring is 1. The summed E-state index contributed by atoms with van der Waals surface area (Å²) in [6.45, 7) is 0. The first kappa shape index (κ1) is 12.7. The molecule has 0 amide bonds. The number of benzene rings is 2. The largest absolute Gasteiger partial charge is 0.399 e. The normalized spacial score (nSPS) is 12.9.